The minimum Gasteiger partial charge on any atom is -0.451 e. The van der Waals surface area contributed by atoms with Crippen LogP contribution in [-0.4, -0.2) is 46.1 Å². The highest BCUT2D eigenvalue weighted by atomic mass is 32.1. The molecule has 0 bridgehead atoms. The molecule has 11 nitrogen and oxygen atoms in total. The number of nitrogens with two attached hydrogens (primary N) is 1. The van der Waals surface area contributed by atoms with Gasteiger partial charge < -0.3 is 20.7 Å². The van der Waals surface area contributed by atoms with Crippen molar-refractivity contribution in [2.24, 2.45) is 0 Å². The van der Waals surface area contributed by atoms with Gasteiger partial charge in [-0.05, 0) is 12.5 Å². The first-order valence-electron chi connectivity index (χ1n) is 10.3. The molecule has 1 aromatic carbocycles. The van der Waals surface area contributed by atoms with Gasteiger partial charge in [-0.15, -0.1) is 17.9 Å². The van der Waals surface area contributed by atoms with Gasteiger partial charge in [0.2, 0.25) is 0 Å². The van der Waals surface area contributed by atoms with Crippen LogP contribution < -0.4 is 27.2 Å². The molecule has 3 rings (SSSR count). The van der Waals surface area contributed by atoms with Crippen LogP contribution in [-0.2, 0) is 16.1 Å². The number of likely N-dealkylation sites (N-methyl/N-ethyl adjacent to an activating group) is 1. The number of nitrogens with one attached hydrogen (secondary N) is 2. The molecule has 0 aliphatic rings. The maximum atomic E-state index is 12.8. The van der Waals surface area contributed by atoms with Gasteiger partial charge >= 0.3 is 11.7 Å². The number of aromatic nitrogens is 3. The van der Waals surface area contributed by atoms with Gasteiger partial charge in [0.1, 0.15) is 5.82 Å². The molecular weight excluding hydrogens is 460 g/mol. The molecular formula is C22H24N6O5S. The molecule has 0 aliphatic heterocycles. The number of benzene rings is 1. The number of aromatic amines is 1. The highest BCUT2D eigenvalue weighted by Crippen LogP contribution is 2.19. The molecule has 0 radical (unpaired) electrons. The van der Waals surface area contributed by atoms with Crippen LogP contribution in [0, 0.1) is 0 Å². The van der Waals surface area contributed by atoms with E-state index in [1.54, 1.807) is 37.3 Å². The Kier molecular flexibility index (Phi) is 7.98. The van der Waals surface area contributed by atoms with E-state index in [2.05, 4.69) is 21.9 Å². The zero-order valence-corrected chi connectivity index (χ0v) is 19.3. The van der Waals surface area contributed by atoms with Gasteiger partial charge in [-0.25, -0.2) is 14.6 Å². The Morgan fingerprint density at radius 2 is 2.06 bits per heavy atom. The number of hydrogen-bond acceptors (Lipinski definition) is 9. The molecule has 0 saturated carbocycles. The molecule has 34 heavy (non-hydrogen) atoms. The average molecular weight is 485 g/mol. The van der Waals surface area contributed by atoms with Crippen molar-refractivity contribution in [3.05, 3.63) is 80.5 Å². The number of rotatable bonds is 10. The predicted molar refractivity (Wildman–Crippen MR) is 130 cm³/mol. The highest BCUT2D eigenvalue weighted by Gasteiger charge is 2.24. The largest absolute Gasteiger partial charge is 0.451 e. The summed E-state index contributed by atoms with van der Waals surface area (Å²) in [6.45, 7) is 5.21. The summed E-state index contributed by atoms with van der Waals surface area (Å²) in [6.07, 6.45) is 1.65. The zero-order chi connectivity index (χ0) is 24.7. The summed E-state index contributed by atoms with van der Waals surface area (Å²) in [5, 5.41) is 4.96. The van der Waals surface area contributed by atoms with Gasteiger partial charge in [0.25, 0.3) is 11.5 Å². The first-order chi connectivity index (χ1) is 16.3. The monoisotopic (exact) mass is 484 g/mol. The first-order valence-corrected chi connectivity index (χ1v) is 11.2. The van der Waals surface area contributed by atoms with Gasteiger partial charge in [0.15, 0.2) is 23.1 Å². The normalized spacial score (nSPS) is 10.5. The second-order valence-electron chi connectivity index (χ2n) is 6.99. The lowest BCUT2D eigenvalue weighted by Gasteiger charge is -2.23. The van der Waals surface area contributed by atoms with Crippen molar-refractivity contribution in [3.8, 4) is 0 Å². The lowest BCUT2D eigenvalue weighted by Crippen LogP contribution is -2.42. The molecule has 2 heterocycles. The highest BCUT2D eigenvalue weighted by molar-refractivity contribution is 7.13. The van der Waals surface area contributed by atoms with Crippen molar-refractivity contribution in [3.63, 3.8) is 0 Å². The second-order valence-corrected chi connectivity index (χ2v) is 7.84. The summed E-state index contributed by atoms with van der Waals surface area (Å²) in [5.74, 6) is -1.64. The Bertz CT molecular complexity index is 1300. The van der Waals surface area contributed by atoms with Crippen molar-refractivity contribution >= 4 is 39.9 Å². The third-order valence-corrected chi connectivity index (χ3v) is 5.52. The third-order valence-electron chi connectivity index (χ3n) is 4.72. The molecule has 4 N–H and O–H groups in total. The van der Waals surface area contributed by atoms with E-state index in [1.807, 2.05) is 6.07 Å². The number of amides is 1. The van der Waals surface area contributed by atoms with E-state index < -0.39 is 29.7 Å². The average Bonchev–Trinajstić information content (AvgIpc) is 3.31. The van der Waals surface area contributed by atoms with E-state index in [0.717, 1.165) is 10.5 Å². The fourth-order valence-corrected chi connectivity index (χ4v) is 3.80. The van der Waals surface area contributed by atoms with Crippen LogP contribution in [0.2, 0.25) is 0 Å². The third kappa shape index (κ3) is 5.59. The van der Waals surface area contributed by atoms with Crippen molar-refractivity contribution in [1.82, 2.24) is 14.5 Å². The predicted octanol–water partition coefficient (Wildman–Crippen LogP) is 1.43. The molecule has 1 amide bonds. The lowest BCUT2D eigenvalue weighted by molar-refractivity contribution is -0.121. The van der Waals surface area contributed by atoms with Crippen molar-refractivity contribution in [1.29, 1.82) is 0 Å². The van der Waals surface area contributed by atoms with E-state index in [9.17, 15) is 19.2 Å². The van der Waals surface area contributed by atoms with Crippen molar-refractivity contribution < 1.29 is 14.3 Å². The quantitative estimate of drug-likeness (QED) is 0.289. The molecule has 12 heteroatoms. The zero-order valence-electron chi connectivity index (χ0n) is 18.4. The topological polar surface area (TPSA) is 152 Å². The maximum absolute atomic E-state index is 12.8. The Labute approximate surface area is 198 Å². The number of ether oxygens (including phenoxy) is 1. The summed E-state index contributed by atoms with van der Waals surface area (Å²) in [7, 11) is 0. The summed E-state index contributed by atoms with van der Waals surface area (Å²) in [5.41, 5.74) is 5.27. The van der Waals surface area contributed by atoms with Crippen molar-refractivity contribution in [2.45, 2.75) is 13.5 Å². The van der Waals surface area contributed by atoms with E-state index in [-0.39, 0.29) is 30.3 Å². The molecule has 0 saturated heterocycles. The molecule has 0 fully saturated rings. The van der Waals surface area contributed by atoms with Crippen LogP contribution in [0.3, 0.4) is 0 Å². The molecule has 178 valence electrons. The van der Waals surface area contributed by atoms with Crippen LogP contribution in [0.1, 0.15) is 23.0 Å². The standard InChI is InChI=1S/C22H24N6O5S/c1-3-10-24-21-25-15(13-34-21)20(31)33-12-16(29)27(4-2)17-18(23)28(22(32)26-19(17)30)11-14-8-6-5-7-9-14/h3,5-9,13H,1,4,10-12,23H2,2H3,(H,24,25)(H,26,30,32). The minimum absolute atomic E-state index is 0.0428. The number of esters is 1. The van der Waals surface area contributed by atoms with Gasteiger partial charge in [-0.3, -0.25) is 19.1 Å². The Morgan fingerprint density at radius 1 is 1.32 bits per heavy atom. The molecule has 0 unspecified atom stereocenters. The number of carbonyl (C=O) groups excluding carboxylic acids is 2. The first kappa shape index (κ1) is 24.5. The molecule has 0 aliphatic carbocycles. The van der Waals surface area contributed by atoms with Gasteiger partial charge in [-0.1, -0.05) is 36.4 Å². The van der Waals surface area contributed by atoms with Crippen molar-refractivity contribution in [2.75, 3.05) is 35.6 Å². The van der Waals surface area contributed by atoms with E-state index in [0.29, 0.717) is 11.7 Å². The minimum atomic E-state index is -0.814. The van der Waals surface area contributed by atoms with Crippen LogP contribution in [0.15, 0.2) is 58.0 Å². The smallest absolute Gasteiger partial charge is 0.358 e. The lowest BCUT2D eigenvalue weighted by atomic mass is 10.2. The fourth-order valence-electron chi connectivity index (χ4n) is 3.11. The van der Waals surface area contributed by atoms with E-state index >= 15 is 0 Å². The maximum Gasteiger partial charge on any atom is 0.358 e. The van der Waals surface area contributed by atoms with Crippen LogP contribution in [0.4, 0.5) is 16.6 Å². The number of thiazole rings is 1. The summed E-state index contributed by atoms with van der Waals surface area (Å²) in [4.78, 5) is 57.4. The van der Waals surface area contributed by atoms with Gasteiger partial charge in [0, 0.05) is 18.5 Å². The second kappa shape index (κ2) is 11.1. The molecule has 2 aromatic heterocycles. The molecule has 3 aromatic rings. The van der Waals surface area contributed by atoms with Gasteiger partial charge in [0.05, 0.1) is 6.54 Å². The Balaban J connectivity index is 1.78. The van der Waals surface area contributed by atoms with Crippen LogP contribution in [0.25, 0.3) is 0 Å². The fraction of sp³-hybridized carbons (Fsp3) is 0.227. The Hall–Kier alpha value is -4.19. The number of anilines is 3. The summed E-state index contributed by atoms with van der Waals surface area (Å²) >= 11 is 1.21. The molecule has 0 atom stereocenters. The Morgan fingerprint density at radius 3 is 2.74 bits per heavy atom. The number of nitrogens with zero attached hydrogens (tertiary/aromatic N) is 3. The van der Waals surface area contributed by atoms with Crippen LogP contribution in [0.5, 0.6) is 0 Å². The summed E-state index contributed by atoms with van der Waals surface area (Å²) in [6, 6.07) is 9.04. The number of carbonyl (C=O) groups is 2. The molecule has 0 spiro atoms. The number of hydrogen-bond donors (Lipinski definition) is 3. The number of nitrogen functional groups attached to an aromatic ring is 1. The van der Waals surface area contributed by atoms with Gasteiger partial charge in [-0.2, -0.15) is 0 Å². The van der Waals surface area contributed by atoms with E-state index in [4.69, 9.17) is 10.5 Å². The van der Waals surface area contributed by atoms with E-state index in [1.165, 1.54) is 21.3 Å². The summed E-state index contributed by atoms with van der Waals surface area (Å²) < 4.78 is 6.25. The SMILES string of the molecule is C=CCNc1nc(C(=O)OCC(=O)N(CC)c2c(N)n(Cc3ccccc3)c(=O)[nH]c2=O)cs1. The van der Waals surface area contributed by atoms with Crippen LogP contribution >= 0.6 is 11.3 Å². The number of H-pyrrole nitrogens is 1.